The molecule has 1 atom stereocenters. The first-order valence-corrected chi connectivity index (χ1v) is 7.10. The van der Waals surface area contributed by atoms with Crippen LogP contribution in [0, 0.1) is 0 Å². The fourth-order valence-electron chi connectivity index (χ4n) is 2.90. The predicted molar refractivity (Wildman–Crippen MR) is 80.6 cm³/mol. The lowest BCUT2D eigenvalue weighted by Gasteiger charge is -2.08. The smallest absolute Gasteiger partial charge is 0.169 e. The topological polar surface area (TPSA) is 105 Å². The maximum atomic E-state index is 5.85. The maximum Gasteiger partial charge on any atom is 0.169 e. The van der Waals surface area contributed by atoms with Crippen molar-refractivity contribution in [1.29, 1.82) is 0 Å². The number of hydrazine groups is 2. The normalized spacial score (nSPS) is 20.1. The largest absolute Gasteiger partial charge is 0.384 e. The van der Waals surface area contributed by atoms with Gasteiger partial charge in [0.25, 0.3) is 0 Å². The summed E-state index contributed by atoms with van der Waals surface area (Å²) in [5, 5.41) is 7.85. The summed E-state index contributed by atoms with van der Waals surface area (Å²) in [7, 11) is 0. The zero-order valence-electron chi connectivity index (χ0n) is 11.6. The number of nitrogens with one attached hydrogen (secondary N) is 4. The van der Waals surface area contributed by atoms with Gasteiger partial charge in [-0.25, -0.2) is 4.98 Å². The van der Waals surface area contributed by atoms with E-state index in [9.17, 15) is 0 Å². The lowest BCUT2D eigenvalue weighted by Crippen LogP contribution is -2.19. The van der Waals surface area contributed by atoms with Gasteiger partial charge in [0.15, 0.2) is 5.82 Å². The number of anilines is 3. The summed E-state index contributed by atoms with van der Waals surface area (Å²) in [6.07, 6.45) is 5.95. The molecule has 21 heavy (non-hydrogen) atoms. The van der Waals surface area contributed by atoms with Crippen LogP contribution < -0.4 is 27.4 Å². The molecule has 0 saturated carbocycles. The summed E-state index contributed by atoms with van der Waals surface area (Å²) < 4.78 is 2.06. The average Bonchev–Trinajstić information content (AvgIpc) is 3.19. The molecule has 1 fully saturated rings. The van der Waals surface area contributed by atoms with Crippen molar-refractivity contribution < 1.29 is 0 Å². The van der Waals surface area contributed by atoms with Crippen LogP contribution in [-0.2, 0) is 6.42 Å². The Balaban J connectivity index is 1.59. The Hall–Kier alpha value is -2.32. The zero-order valence-corrected chi connectivity index (χ0v) is 11.6. The van der Waals surface area contributed by atoms with Crippen LogP contribution in [0.3, 0.4) is 0 Å². The molecule has 1 saturated heterocycles. The molecule has 2 aliphatic rings. The monoisotopic (exact) mass is 286 g/mol. The summed E-state index contributed by atoms with van der Waals surface area (Å²) in [6, 6.07) is 2.36. The first kappa shape index (κ1) is 12.4. The second-order valence-electron chi connectivity index (χ2n) is 5.46. The fourth-order valence-corrected chi connectivity index (χ4v) is 2.90. The molecule has 2 aromatic heterocycles. The molecular weight excluding hydrogens is 268 g/mol. The molecule has 0 aromatic carbocycles. The third-order valence-electron chi connectivity index (χ3n) is 3.95. The van der Waals surface area contributed by atoms with Crippen LogP contribution in [-0.4, -0.2) is 27.9 Å². The summed E-state index contributed by atoms with van der Waals surface area (Å²) in [6.45, 7) is 2.06. The molecule has 0 spiro atoms. The maximum absolute atomic E-state index is 5.85. The third-order valence-corrected chi connectivity index (χ3v) is 3.95. The number of rotatable bonds is 3. The summed E-state index contributed by atoms with van der Waals surface area (Å²) in [4.78, 5) is 4.24. The van der Waals surface area contributed by atoms with Crippen molar-refractivity contribution in [1.82, 2.24) is 25.6 Å². The van der Waals surface area contributed by atoms with Crippen molar-refractivity contribution in [2.45, 2.75) is 18.9 Å². The van der Waals surface area contributed by atoms with E-state index in [2.05, 4.69) is 42.7 Å². The molecule has 0 aliphatic carbocycles. The van der Waals surface area contributed by atoms with Crippen LogP contribution in [0.4, 0.5) is 17.3 Å². The van der Waals surface area contributed by atoms with E-state index < -0.39 is 0 Å². The van der Waals surface area contributed by atoms with Gasteiger partial charge < -0.3 is 16.5 Å². The minimum atomic E-state index is 0.466. The van der Waals surface area contributed by atoms with Gasteiger partial charge in [0.1, 0.15) is 5.82 Å². The number of nitrogens with two attached hydrogens (primary N) is 1. The van der Waals surface area contributed by atoms with Gasteiger partial charge >= 0.3 is 0 Å². The summed E-state index contributed by atoms with van der Waals surface area (Å²) >= 11 is 0. The highest BCUT2D eigenvalue weighted by molar-refractivity contribution is 5.74. The number of hydrogen-bond donors (Lipinski definition) is 5. The number of fused-ring (bicyclic) bond motifs is 1. The van der Waals surface area contributed by atoms with Gasteiger partial charge in [0.05, 0.1) is 17.9 Å². The first-order valence-electron chi connectivity index (χ1n) is 7.10. The first-order chi connectivity index (χ1) is 10.3. The zero-order chi connectivity index (χ0) is 14.2. The molecule has 110 valence electrons. The van der Waals surface area contributed by atoms with Crippen LogP contribution >= 0.6 is 0 Å². The second-order valence-corrected chi connectivity index (χ2v) is 5.46. The molecule has 0 bridgehead atoms. The van der Waals surface area contributed by atoms with E-state index in [0.29, 0.717) is 11.9 Å². The SMILES string of the molecule is Nc1cc(Cc2cnn(C3CCNC3)c2)c2c(n1)NNN2. The Kier molecular flexibility index (Phi) is 2.90. The Morgan fingerprint density at radius 2 is 2.33 bits per heavy atom. The van der Waals surface area contributed by atoms with Crippen molar-refractivity contribution in [2.24, 2.45) is 0 Å². The van der Waals surface area contributed by atoms with Crippen LogP contribution in [0.25, 0.3) is 0 Å². The van der Waals surface area contributed by atoms with Gasteiger partial charge in [0.2, 0.25) is 0 Å². The Morgan fingerprint density at radius 3 is 3.19 bits per heavy atom. The number of pyridine rings is 1. The van der Waals surface area contributed by atoms with E-state index in [-0.39, 0.29) is 0 Å². The van der Waals surface area contributed by atoms with Crippen molar-refractivity contribution in [3.8, 4) is 0 Å². The van der Waals surface area contributed by atoms with Crippen molar-refractivity contribution >= 4 is 17.3 Å². The van der Waals surface area contributed by atoms with Crippen LogP contribution in [0.1, 0.15) is 23.6 Å². The van der Waals surface area contributed by atoms with E-state index in [4.69, 9.17) is 5.73 Å². The molecular formula is C13H18N8. The standard InChI is InChI=1S/C13H18N8/c14-11-4-9(12-13(17-11)19-20-18-12)3-8-5-16-21(7-8)10-1-2-15-6-10/h4-5,7,10,15,18,20H,1-3,6H2,(H3,14,17,19). The molecule has 2 aliphatic heterocycles. The highest BCUT2D eigenvalue weighted by Gasteiger charge is 2.19. The Morgan fingerprint density at radius 1 is 1.38 bits per heavy atom. The van der Waals surface area contributed by atoms with Crippen LogP contribution in [0.15, 0.2) is 18.5 Å². The molecule has 8 nitrogen and oxygen atoms in total. The number of hydrogen-bond acceptors (Lipinski definition) is 7. The molecule has 4 heterocycles. The van der Waals surface area contributed by atoms with Crippen molar-refractivity contribution in [2.75, 3.05) is 29.7 Å². The van der Waals surface area contributed by atoms with Crippen molar-refractivity contribution in [3.63, 3.8) is 0 Å². The fraction of sp³-hybridized carbons (Fsp3) is 0.385. The van der Waals surface area contributed by atoms with Crippen molar-refractivity contribution in [3.05, 3.63) is 29.6 Å². The highest BCUT2D eigenvalue weighted by Crippen LogP contribution is 2.30. The number of nitrogens with zero attached hydrogens (tertiary/aromatic N) is 3. The highest BCUT2D eigenvalue weighted by atomic mass is 15.6. The molecule has 2 aromatic rings. The van der Waals surface area contributed by atoms with Crippen LogP contribution in [0.2, 0.25) is 0 Å². The van der Waals surface area contributed by atoms with E-state index in [1.165, 1.54) is 5.56 Å². The molecule has 0 amide bonds. The van der Waals surface area contributed by atoms with E-state index in [1.54, 1.807) is 0 Å². The van der Waals surface area contributed by atoms with Gasteiger partial charge in [-0.15, -0.1) is 5.53 Å². The minimum Gasteiger partial charge on any atom is -0.384 e. The van der Waals surface area contributed by atoms with E-state index in [0.717, 1.165) is 43.0 Å². The molecule has 4 rings (SSSR count). The van der Waals surface area contributed by atoms with Gasteiger partial charge in [0, 0.05) is 19.2 Å². The predicted octanol–water partition coefficient (Wildman–Crippen LogP) is 0.242. The summed E-state index contributed by atoms with van der Waals surface area (Å²) in [5.74, 6) is 1.24. The minimum absolute atomic E-state index is 0.466. The molecule has 0 radical (unpaired) electrons. The van der Waals surface area contributed by atoms with Gasteiger partial charge in [-0.2, -0.15) is 5.10 Å². The van der Waals surface area contributed by atoms with Gasteiger partial charge in [-0.05, 0) is 30.2 Å². The van der Waals surface area contributed by atoms with E-state index in [1.807, 2.05) is 12.3 Å². The third kappa shape index (κ3) is 2.28. The van der Waals surface area contributed by atoms with Gasteiger partial charge in [-0.1, -0.05) is 0 Å². The second kappa shape index (κ2) is 4.90. The van der Waals surface area contributed by atoms with Crippen LogP contribution in [0.5, 0.6) is 0 Å². The lowest BCUT2D eigenvalue weighted by atomic mass is 10.1. The van der Waals surface area contributed by atoms with E-state index >= 15 is 0 Å². The Labute approximate surface area is 122 Å². The molecule has 8 heteroatoms. The molecule has 6 N–H and O–H groups in total. The Bertz CT molecular complexity index is 658. The van der Waals surface area contributed by atoms with Gasteiger partial charge in [-0.3, -0.25) is 10.1 Å². The number of aromatic nitrogens is 3. The average molecular weight is 286 g/mol. The lowest BCUT2D eigenvalue weighted by molar-refractivity contribution is 0.490. The molecule has 1 unspecified atom stereocenters. The summed E-state index contributed by atoms with van der Waals surface area (Å²) in [5.41, 5.74) is 17.9. The number of nitrogen functional groups attached to an aromatic ring is 1. The quantitative estimate of drug-likeness (QED) is 0.550.